The molecule has 0 amide bonds. The summed E-state index contributed by atoms with van der Waals surface area (Å²) < 4.78 is 6.73. The van der Waals surface area contributed by atoms with Gasteiger partial charge in [0.2, 0.25) is 0 Å². The SMILES string of the molecule is OCC1C2Oc3c(Br)cccc3C12. The molecule has 0 radical (unpaired) electrons. The first kappa shape index (κ1) is 7.83. The largest absolute Gasteiger partial charge is 0.488 e. The first-order chi connectivity index (χ1) is 6.33. The molecule has 3 heteroatoms. The highest BCUT2D eigenvalue weighted by molar-refractivity contribution is 9.10. The molecule has 1 aliphatic heterocycles. The molecular weight excluding hydrogens is 232 g/mol. The highest BCUT2D eigenvalue weighted by Gasteiger charge is 2.58. The second-order valence-electron chi connectivity index (χ2n) is 3.61. The van der Waals surface area contributed by atoms with Crippen LogP contribution in [0.3, 0.4) is 0 Å². The summed E-state index contributed by atoms with van der Waals surface area (Å²) >= 11 is 3.45. The molecule has 1 fully saturated rings. The summed E-state index contributed by atoms with van der Waals surface area (Å²) in [6, 6.07) is 6.08. The van der Waals surface area contributed by atoms with E-state index in [1.165, 1.54) is 5.56 Å². The van der Waals surface area contributed by atoms with Crippen LogP contribution in [0.15, 0.2) is 22.7 Å². The minimum atomic E-state index is 0.235. The van der Waals surface area contributed by atoms with Crippen molar-refractivity contribution in [3.8, 4) is 5.75 Å². The fraction of sp³-hybridized carbons (Fsp3) is 0.400. The summed E-state index contributed by atoms with van der Waals surface area (Å²) in [4.78, 5) is 0. The lowest BCUT2D eigenvalue weighted by molar-refractivity contribution is 0.223. The summed E-state index contributed by atoms with van der Waals surface area (Å²) in [7, 11) is 0. The summed E-state index contributed by atoms with van der Waals surface area (Å²) in [5, 5.41) is 9.02. The van der Waals surface area contributed by atoms with E-state index in [2.05, 4.69) is 22.0 Å². The van der Waals surface area contributed by atoms with Crippen LogP contribution in [0.2, 0.25) is 0 Å². The van der Waals surface area contributed by atoms with Crippen LogP contribution in [-0.4, -0.2) is 17.8 Å². The predicted molar refractivity (Wildman–Crippen MR) is 51.9 cm³/mol. The number of rotatable bonds is 1. The maximum atomic E-state index is 9.02. The van der Waals surface area contributed by atoms with Crippen LogP contribution in [0.25, 0.3) is 0 Å². The highest BCUT2D eigenvalue weighted by Crippen LogP contribution is 2.59. The average Bonchev–Trinajstić information content (AvgIpc) is 2.70. The molecule has 0 bridgehead atoms. The van der Waals surface area contributed by atoms with Crippen LogP contribution >= 0.6 is 15.9 Å². The van der Waals surface area contributed by atoms with Gasteiger partial charge in [-0.2, -0.15) is 0 Å². The first-order valence-electron chi connectivity index (χ1n) is 4.39. The predicted octanol–water partition coefficient (Wildman–Crippen LogP) is 1.92. The molecule has 0 saturated heterocycles. The zero-order valence-corrected chi connectivity index (χ0v) is 8.49. The monoisotopic (exact) mass is 240 g/mol. The number of hydrogen-bond acceptors (Lipinski definition) is 2. The van der Waals surface area contributed by atoms with E-state index in [0.717, 1.165) is 10.2 Å². The molecule has 3 rings (SSSR count). The van der Waals surface area contributed by atoms with Crippen molar-refractivity contribution in [3.05, 3.63) is 28.2 Å². The topological polar surface area (TPSA) is 29.5 Å². The van der Waals surface area contributed by atoms with Crippen LogP contribution < -0.4 is 4.74 Å². The van der Waals surface area contributed by atoms with Crippen molar-refractivity contribution in [1.29, 1.82) is 0 Å². The molecule has 0 aromatic heterocycles. The van der Waals surface area contributed by atoms with E-state index in [4.69, 9.17) is 9.84 Å². The molecule has 1 aromatic rings. The van der Waals surface area contributed by atoms with Gasteiger partial charge >= 0.3 is 0 Å². The number of halogens is 1. The fourth-order valence-corrected chi connectivity index (χ4v) is 2.65. The molecule has 1 aliphatic carbocycles. The van der Waals surface area contributed by atoms with Gasteiger partial charge in [-0.1, -0.05) is 12.1 Å². The second-order valence-corrected chi connectivity index (χ2v) is 4.47. The van der Waals surface area contributed by atoms with Crippen LogP contribution in [0, 0.1) is 5.92 Å². The minimum Gasteiger partial charge on any atom is -0.488 e. The summed E-state index contributed by atoms with van der Waals surface area (Å²) in [6.07, 6.45) is 0.235. The Kier molecular flexibility index (Phi) is 1.50. The number of aliphatic hydroxyl groups excluding tert-OH is 1. The van der Waals surface area contributed by atoms with Crippen LogP contribution in [0.1, 0.15) is 11.5 Å². The highest BCUT2D eigenvalue weighted by atomic mass is 79.9. The lowest BCUT2D eigenvalue weighted by Crippen LogP contribution is -2.02. The molecule has 1 saturated carbocycles. The Bertz CT molecular complexity index is 364. The van der Waals surface area contributed by atoms with Gasteiger partial charge < -0.3 is 9.84 Å². The first-order valence-corrected chi connectivity index (χ1v) is 5.18. The Labute approximate surface area is 84.7 Å². The molecule has 3 unspecified atom stereocenters. The zero-order chi connectivity index (χ0) is 9.00. The molecule has 13 heavy (non-hydrogen) atoms. The molecule has 0 spiro atoms. The van der Waals surface area contributed by atoms with Gasteiger partial charge in [0.25, 0.3) is 0 Å². The maximum absolute atomic E-state index is 9.02. The average molecular weight is 241 g/mol. The quantitative estimate of drug-likeness (QED) is 0.813. The Hall–Kier alpha value is -0.540. The number of fused-ring (bicyclic) bond motifs is 3. The van der Waals surface area contributed by atoms with Gasteiger partial charge in [-0.25, -0.2) is 0 Å². The van der Waals surface area contributed by atoms with E-state index in [9.17, 15) is 0 Å². The van der Waals surface area contributed by atoms with Crippen molar-refractivity contribution >= 4 is 15.9 Å². The van der Waals surface area contributed by atoms with E-state index in [0.29, 0.717) is 11.8 Å². The fourth-order valence-electron chi connectivity index (χ4n) is 2.18. The Morgan fingerprint density at radius 2 is 2.31 bits per heavy atom. The van der Waals surface area contributed by atoms with Crippen molar-refractivity contribution in [2.75, 3.05) is 6.61 Å². The normalized spacial score (nSPS) is 33.5. The molecule has 68 valence electrons. The van der Waals surface area contributed by atoms with Gasteiger partial charge in [0.05, 0.1) is 11.1 Å². The van der Waals surface area contributed by atoms with Gasteiger partial charge in [-0.3, -0.25) is 0 Å². The molecule has 1 heterocycles. The molecule has 3 atom stereocenters. The van der Waals surface area contributed by atoms with Crippen molar-refractivity contribution in [1.82, 2.24) is 0 Å². The number of para-hydroxylation sites is 1. The van der Waals surface area contributed by atoms with Gasteiger partial charge in [-0.05, 0) is 22.0 Å². The number of ether oxygens (including phenoxy) is 1. The lowest BCUT2D eigenvalue weighted by atomic mass is 10.1. The Morgan fingerprint density at radius 3 is 3.08 bits per heavy atom. The third-order valence-corrected chi connectivity index (χ3v) is 3.54. The number of benzene rings is 1. The Morgan fingerprint density at radius 1 is 1.46 bits per heavy atom. The van der Waals surface area contributed by atoms with Crippen LogP contribution in [-0.2, 0) is 0 Å². The van der Waals surface area contributed by atoms with Crippen molar-refractivity contribution in [2.45, 2.75) is 12.0 Å². The number of aliphatic hydroxyl groups is 1. The molecule has 2 aliphatic rings. The standard InChI is InChI=1S/C10H9BrO2/c11-7-3-1-2-5-8-6(4-12)10(8)13-9(5)7/h1-3,6,8,10,12H,4H2. The van der Waals surface area contributed by atoms with Gasteiger partial charge in [0.1, 0.15) is 11.9 Å². The van der Waals surface area contributed by atoms with E-state index in [-0.39, 0.29) is 12.7 Å². The van der Waals surface area contributed by atoms with E-state index < -0.39 is 0 Å². The summed E-state index contributed by atoms with van der Waals surface area (Å²) in [5.41, 5.74) is 1.25. The van der Waals surface area contributed by atoms with Crippen LogP contribution in [0.5, 0.6) is 5.75 Å². The summed E-state index contributed by atoms with van der Waals surface area (Å²) in [6.45, 7) is 0.237. The molecule has 1 aromatic carbocycles. The van der Waals surface area contributed by atoms with Crippen molar-refractivity contribution < 1.29 is 9.84 Å². The third kappa shape index (κ3) is 0.916. The van der Waals surface area contributed by atoms with E-state index >= 15 is 0 Å². The second kappa shape index (κ2) is 2.49. The number of hydrogen-bond donors (Lipinski definition) is 1. The van der Waals surface area contributed by atoms with Gasteiger partial charge in [-0.15, -0.1) is 0 Å². The van der Waals surface area contributed by atoms with Crippen molar-refractivity contribution in [2.24, 2.45) is 5.92 Å². The third-order valence-electron chi connectivity index (χ3n) is 2.92. The van der Waals surface area contributed by atoms with E-state index in [1.807, 2.05) is 12.1 Å². The molecule has 1 N–H and O–H groups in total. The van der Waals surface area contributed by atoms with Gasteiger partial charge in [0.15, 0.2) is 0 Å². The van der Waals surface area contributed by atoms with Crippen molar-refractivity contribution in [3.63, 3.8) is 0 Å². The molecule has 2 nitrogen and oxygen atoms in total. The van der Waals surface area contributed by atoms with E-state index in [1.54, 1.807) is 0 Å². The zero-order valence-electron chi connectivity index (χ0n) is 6.90. The minimum absolute atomic E-state index is 0.235. The smallest absolute Gasteiger partial charge is 0.137 e. The lowest BCUT2D eigenvalue weighted by Gasteiger charge is -2.07. The summed E-state index contributed by atoms with van der Waals surface area (Å²) in [5.74, 6) is 1.75. The van der Waals surface area contributed by atoms with Gasteiger partial charge in [0, 0.05) is 17.4 Å². The maximum Gasteiger partial charge on any atom is 0.137 e. The Balaban J connectivity index is 2.04. The molecular formula is C10H9BrO2. The van der Waals surface area contributed by atoms with Crippen LogP contribution in [0.4, 0.5) is 0 Å².